The summed E-state index contributed by atoms with van der Waals surface area (Å²) in [5.41, 5.74) is 1.45. The number of anilines is 2. The number of fused-ring (bicyclic) bond motifs is 2. The molecule has 0 unspecified atom stereocenters. The molecule has 404 valence electrons. The number of rotatable bonds is 16. The second-order valence-corrected chi connectivity index (χ2v) is 23.0. The number of piperidine rings is 1. The molecule has 11 rings (SSSR count). The number of methoxy groups -OCH3 is 1. The Morgan fingerprint density at radius 1 is 0.961 bits per heavy atom. The van der Waals surface area contributed by atoms with Gasteiger partial charge >= 0.3 is 0 Å². The number of aromatic amines is 2. The number of pyridine rings is 1. The summed E-state index contributed by atoms with van der Waals surface area (Å²) in [5.74, 6) is -0.753. The summed E-state index contributed by atoms with van der Waals surface area (Å²) in [7, 11) is -3.28. The monoisotopic (exact) mass is 1070 g/mol. The smallest absolute Gasteiger partial charge is 0.296 e. The fraction of sp³-hybridized carbons (Fsp3) is 0.411. The normalized spacial score (nSPS) is 19.1. The van der Waals surface area contributed by atoms with Crippen LogP contribution in [0.5, 0.6) is 17.2 Å². The average molecular weight is 1070 g/mol. The van der Waals surface area contributed by atoms with Crippen molar-refractivity contribution in [1.29, 1.82) is 0 Å². The van der Waals surface area contributed by atoms with Crippen molar-refractivity contribution in [3.05, 3.63) is 136 Å². The maximum absolute atomic E-state index is 16.7. The Morgan fingerprint density at radius 2 is 1.73 bits per heavy atom. The minimum Gasteiger partial charge on any atom is -0.497 e. The Kier molecular flexibility index (Phi) is 14.1. The van der Waals surface area contributed by atoms with Crippen LogP contribution in [0.4, 0.5) is 25.8 Å². The number of nitrogens with zero attached hydrogens (tertiary/aromatic N) is 6. The highest BCUT2D eigenvalue weighted by Crippen LogP contribution is 2.54. The zero-order chi connectivity index (χ0) is 53.6. The first-order valence-electron chi connectivity index (χ1n) is 26.2. The standard InChI is InChI=1S/C56H62F2N10O8S/c1-35(2)41-6-4-5-7-42(41)47-32-65(31-36-8-10-39(74-3)11-9-36)20-21-67(47)38-28-55(29-38)13-18-66(19-14-55)45-26-48(76-40-24-37-12-17-59-53(37)60-30-40)43(25-44(45)57)54(69)64-77(72,73)49-27-46(68(70)71)50(52-51(49)62-34-63-52)61-33-56(58)15-22-75-23-16-56/h4-12,17,24-27,30,34-35,38,47,61H,13-16,18-23,28-29,31-33H2,1-3H3,(H,59,60)(H,62,63)(H,64,69)/t47-/m0/s1. The molecule has 21 heteroatoms. The molecule has 6 heterocycles. The number of nitro benzene ring substituents is 1. The first kappa shape index (κ1) is 51.9. The third kappa shape index (κ3) is 10.5. The summed E-state index contributed by atoms with van der Waals surface area (Å²) in [4.78, 5) is 46.8. The molecule has 1 aliphatic carbocycles. The number of imidazole rings is 1. The van der Waals surface area contributed by atoms with E-state index in [-0.39, 0.29) is 78.0 Å². The van der Waals surface area contributed by atoms with E-state index >= 15 is 8.78 Å². The summed E-state index contributed by atoms with van der Waals surface area (Å²) < 4.78 is 79.8. The van der Waals surface area contributed by atoms with E-state index in [1.54, 1.807) is 25.4 Å². The molecule has 3 aliphatic heterocycles. The number of halogens is 2. The highest BCUT2D eigenvalue weighted by atomic mass is 32.2. The van der Waals surface area contributed by atoms with Gasteiger partial charge in [-0.15, -0.1) is 0 Å². The predicted octanol–water partition coefficient (Wildman–Crippen LogP) is 9.77. The minimum atomic E-state index is -4.96. The number of H-pyrrole nitrogens is 2. The molecule has 1 atom stereocenters. The molecule has 1 amide bonds. The van der Waals surface area contributed by atoms with E-state index in [9.17, 15) is 23.3 Å². The number of hydrogen-bond donors (Lipinski definition) is 4. The molecular formula is C56H62F2N10O8S. The summed E-state index contributed by atoms with van der Waals surface area (Å²) in [6, 6.07) is 24.4. The first-order chi connectivity index (χ1) is 37.1. The number of aromatic nitrogens is 4. The molecule has 7 aromatic rings. The van der Waals surface area contributed by atoms with Gasteiger partial charge in [0.25, 0.3) is 21.6 Å². The topological polar surface area (TPSA) is 213 Å². The Labute approximate surface area is 444 Å². The van der Waals surface area contributed by atoms with Gasteiger partial charge in [-0.3, -0.25) is 24.7 Å². The predicted molar refractivity (Wildman–Crippen MR) is 288 cm³/mol. The number of nitro groups is 1. The highest BCUT2D eigenvalue weighted by molar-refractivity contribution is 7.90. The van der Waals surface area contributed by atoms with Crippen molar-refractivity contribution in [3.8, 4) is 17.2 Å². The van der Waals surface area contributed by atoms with Gasteiger partial charge in [0, 0.05) is 108 Å². The van der Waals surface area contributed by atoms with Gasteiger partial charge in [-0.2, -0.15) is 0 Å². The van der Waals surface area contributed by atoms with Gasteiger partial charge in [-0.1, -0.05) is 50.2 Å². The minimum absolute atomic E-state index is 0.0599. The van der Waals surface area contributed by atoms with E-state index < -0.39 is 48.5 Å². The molecule has 0 bridgehead atoms. The largest absolute Gasteiger partial charge is 0.497 e. The number of benzene rings is 4. The summed E-state index contributed by atoms with van der Waals surface area (Å²) in [6.07, 6.45) is 8.10. The van der Waals surface area contributed by atoms with Crippen LogP contribution in [0.15, 0.2) is 102 Å². The fourth-order valence-electron chi connectivity index (χ4n) is 12.0. The van der Waals surface area contributed by atoms with Gasteiger partial charge in [0.1, 0.15) is 50.5 Å². The lowest BCUT2D eigenvalue weighted by molar-refractivity contribution is -0.384. The van der Waals surface area contributed by atoms with Crippen molar-refractivity contribution in [3.63, 3.8) is 0 Å². The van der Waals surface area contributed by atoms with Crippen LogP contribution >= 0.6 is 0 Å². The Hall–Kier alpha value is -7.20. The van der Waals surface area contributed by atoms with Crippen molar-refractivity contribution >= 4 is 55.1 Å². The van der Waals surface area contributed by atoms with E-state index in [1.165, 1.54) is 29.0 Å². The zero-order valence-corrected chi connectivity index (χ0v) is 44.0. The molecule has 3 saturated heterocycles. The first-order valence-corrected chi connectivity index (χ1v) is 27.7. The molecular weight excluding hydrogens is 1010 g/mol. The van der Waals surface area contributed by atoms with Gasteiger partial charge in [0.05, 0.1) is 41.3 Å². The average Bonchev–Trinajstić information content (AvgIpc) is 4.19. The maximum Gasteiger partial charge on any atom is 0.296 e. The third-order valence-corrected chi connectivity index (χ3v) is 17.6. The van der Waals surface area contributed by atoms with Crippen molar-refractivity contribution in [2.45, 2.75) is 87.5 Å². The number of ether oxygens (including phenoxy) is 3. The van der Waals surface area contributed by atoms with E-state index in [0.717, 1.165) is 76.1 Å². The Balaban J connectivity index is 0.823. The molecule has 4 N–H and O–H groups in total. The number of carbonyl (C=O) groups excluding carboxylic acids is 1. The Morgan fingerprint density at radius 3 is 2.47 bits per heavy atom. The van der Waals surface area contributed by atoms with Gasteiger partial charge in [0.15, 0.2) is 0 Å². The van der Waals surface area contributed by atoms with Gasteiger partial charge in [-0.05, 0) is 84.0 Å². The fourth-order valence-corrected chi connectivity index (χ4v) is 13.1. The van der Waals surface area contributed by atoms with E-state index in [4.69, 9.17) is 14.2 Å². The van der Waals surface area contributed by atoms with E-state index in [0.29, 0.717) is 36.1 Å². The molecule has 77 heavy (non-hydrogen) atoms. The summed E-state index contributed by atoms with van der Waals surface area (Å²) in [5, 5.41) is 16.0. The van der Waals surface area contributed by atoms with E-state index in [1.807, 2.05) is 21.8 Å². The lowest BCUT2D eigenvalue weighted by Crippen LogP contribution is -2.60. The second-order valence-electron chi connectivity index (χ2n) is 21.4. The number of nitrogens with one attached hydrogen (secondary N) is 4. The summed E-state index contributed by atoms with van der Waals surface area (Å²) in [6.45, 7) is 9.29. The van der Waals surface area contributed by atoms with Crippen LogP contribution in [-0.4, -0.2) is 120 Å². The second kappa shape index (κ2) is 21.0. The number of sulfonamides is 1. The number of carbonyl (C=O) groups is 1. The van der Waals surface area contributed by atoms with Crippen LogP contribution in [0.25, 0.3) is 22.1 Å². The van der Waals surface area contributed by atoms with Crippen molar-refractivity contribution in [1.82, 2.24) is 34.5 Å². The van der Waals surface area contributed by atoms with Gasteiger partial charge < -0.3 is 34.4 Å². The van der Waals surface area contributed by atoms with Crippen molar-refractivity contribution in [2.75, 3.05) is 69.8 Å². The van der Waals surface area contributed by atoms with Crippen LogP contribution in [0, 0.1) is 21.3 Å². The third-order valence-electron chi connectivity index (χ3n) is 16.2. The van der Waals surface area contributed by atoms with Crippen LogP contribution in [0.1, 0.15) is 91.4 Å². The van der Waals surface area contributed by atoms with Crippen LogP contribution in [-0.2, 0) is 21.3 Å². The zero-order valence-electron chi connectivity index (χ0n) is 43.2. The van der Waals surface area contributed by atoms with Crippen LogP contribution in [0.2, 0.25) is 0 Å². The molecule has 3 aromatic heterocycles. The molecule has 1 spiro atoms. The number of piperazine rings is 1. The van der Waals surface area contributed by atoms with Gasteiger partial charge in [-0.25, -0.2) is 31.9 Å². The van der Waals surface area contributed by atoms with Crippen molar-refractivity contribution < 1.29 is 41.1 Å². The van der Waals surface area contributed by atoms with Crippen LogP contribution in [0.3, 0.4) is 0 Å². The lowest BCUT2D eigenvalue weighted by Gasteiger charge is -2.58. The number of alkyl halides is 1. The Bertz CT molecular complexity index is 3440. The van der Waals surface area contributed by atoms with E-state index in [2.05, 4.69) is 85.3 Å². The SMILES string of the molecule is COc1ccc(CN2CCN(C3CC4(CCN(c5cc(Oc6cnc7[nH]ccc7c6)c(C(=O)NS(=O)(=O)c6cc([N+](=O)[O-])c(NCC7(F)CCOCC7)c7[nH]cnc67)cc5F)CC4)C3)[C@H](c3ccccc3C(C)C)C2)cc1. The number of hydrogen-bond acceptors (Lipinski definition) is 14. The molecule has 0 radical (unpaired) electrons. The molecule has 4 aromatic carbocycles. The molecule has 4 aliphatic rings. The van der Waals surface area contributed by atoms with Crippen molar-refractivity contribution in [2.24, 2.45) is 5.41 Å². The number of amides is 1. The lowest BCUT2D eigenvalue weighted by atomic mass is 9.59. The maximum atomic E-state index is 16.7. The van der Waals surface area contributed by atoms with Gasteiger partial charge in [0.2, 0.25) is 0 Å². The quantitative estimate of drug-likeness (QED) is 0.0524. The molecule has 18 nitrogen and oxygen atoms in total. The summed E-state index contributed by atoms with van der Waals surface area (Å²) >= 11 is 0. The molecule has 1 saturated carbocycles. The molecule has 4 fully saturated rings. The van der Waals surface area contributed by atoms with Crippen LogP contribution < -0.4 is 24.4 Å². The highest BCUT2D eigenvalue weighted by Gasteiger charge is 2.50.